The van der Waals surface area contributed by atoms with Gasteiger partial charge in [-0.05, 0) is 43.5 Å². The van der Waals surface area contributed by atoms with E-state index in [4.69, 9.17) is 0 Å². The molecule has 1 N–H and O–H groups in total. The molecule has 1 unspecified atom stereocenters. The second-order valence-electron chi connectivity index (χ2n) is 5.80. The predicted octanol–water partition coefficient (Wildman–Crippen LogP) is 3.40. The Balaban J connectivity index is 1.66. The Bertz CT molecular complexity index is 692. The van der Waals surface area contributed by atoms with E-state index in [1.165, 1.54) is 0 Å². The minimum atomic E-state index is -0.0327. The van der Waals surface area contributed by atoms with Crippen molar-refractivity contribution in [3.63, 3.8) is 0 Å². The summed E-state index contributed by atoms with van der Waals surface area (Å²) in [6, 6.07) is 5.85. The fourth-order valence-corrected chi connectivity index (χ4v) is 3.07. The zero-order chi connectivity index (χ0) is 16.2. The fraction of sp³-hybridized carbons (Fsp3) is 0.353. The molecule has 23 heavy (non-hydrogen) atoms. The summed E-state index contributed by atoms with van der Waals surface area (Å²) in [6.07, 6.45) is 6.97. The van der Waals surface area contributed by atoms with Crippen LogP contribution in [0.1, 0.15) is 18.4 Å². The number of aromatic nitrogens is 2. The monoisotopic (exact) mass is 374 g/mol. The van der Waals surface area contributed by atoms with E-state index in [9.17, 15) is 4.79 Å². The summed E-state index contributed by atoms with van der Waals surface area (Å²) in [6.45, 7) is 3.61. The first-order valence-electron chi connectivity index (χ1n) is 7.71. The van der Waals surface area contributed by atoms with Gasteiger partial charge < -0.3 is 10.2 Å². The lowest BCUT2D eigenvalue weighted by Crippen LogP contribution is -2.41. The summed E-state index contributed by atoms with van der Waals surface area (Å²) in [5, 5.41) is 3.03. The molecule has 0 bridgehead atoms. The minimum absolute atomic E-state index is 0.0327. The number of nitrogens with one attached hydrogen (secondary N) is 1. The standard InChI is InChI=1S/C17H19BrN4O/c1-12-9-14(4-5-15(12)18)21-17(23)13-3-2-8-22(11-13)16-10-19-6-7-20-16/h4-7,9-10,13H,2-3,8,11H2,1H3,(H,21,23). The summed E-state index contributed by atoms with van der Waals surface area (Å²) in [5.41, 5.74) is 1.94. The number of benzene rings is 1. The number of hydrogen-bond donors (Lipinski definition) is 1. The molecule has 1 aromatic carbocycles. The highest BCUT2D eigenvalue weighted by molar-refractivity contribution is 9.10. The summed E-state index contributed by atoms with van der Waals surface area (Å²) in [4.78, 5) is 23.1. The van der Waals surface area contributed by atoms with Gasteiger partial charge in [0.2, 0.25) is 5.91 Å². The molecule has 0 saturated carbocycles. The van der Waals surface area contributed by atoms with E-state index >= 15 is 0 Å². The number of rotatable bonds is 3. The van der Waals surface area contributed by atoms with Crippen LogP contribution in [0.3, 0.4) is 0 Å². The Morgan fingerprint density at radius 2 is 2.26 bits per heavy atom. The van der Waals surface area contributed by atoms with Crippen LogP contribution in [0.25, 0.3) is 0 Å². The maximum atomic E-state index is 12.6. The van der Waals surface area contributed by atoms with Gasteiger partial charge in [0.15, 0.2) is 0 Å². The average Bonchev–Trinajstić information content (AvgIpc) is 2.59. The molecule has 0 aliphatic carbocycles. The molecule has 6 heteroatoms. The lowest BCUT2D eigenvalue weighted by molar-refractivity contribution is -0.120. The number of anilines is 2. The molecule has 1 atom stereocenters. The number of nitrogens with zero attached hydrogens (tertiary/aromatic N) is 3. The van der Waals surface area contributed by atoms with Gasteiger partial charge in [-0.3, -0.25) is 9.78 Å². The van der Waals surface area contributed by atoms with Crippen molar-refractivity contribution < 1.29 is 4.79 Å². The van der Waals surface area contributed by atoms with Crippen molar-refractivity contribution in [1.82, 2.24) is 9.97 Å². The lowest BCUT2D eigenvalue weighted by Gasteiger charge is -2.32. The van der Waals surface area contributed by atoms with Crippen LogP contribution >= 0.6 is 15.9 Å². The molecule has 0 spiro atoms. The van der Waals surface area contributed by atoms with Crippen LogP contribution in [0.2, 0.25) is 0 Å². The largest absolute Gasteiger partial charge is 0.355 e. The van der Waals surface area contributed by atoms with E-state index in [0.29, 0.717) is 6.54 Å². The second kappa shape index (κ2) is 7.08. The Kier molecular flexibility index (Phi) is 4.91. The zero-order valence-corrected chi connectivity index (χ0v) is 14.6. The van der Waals surface area contributed by atoms with Gasteiger partial charge in [0.25, 0.3) is 0 Å². The quantitative estimate of drug-likeness (QED) is 0.894. The van der Waals surface area contributed by atoms with Gasteiger partial charge in [0, 0.05) is 35.6 Å². The number of carbonyl (C=O) groups is 1. The van der Waals surface area contributed by atoms with Crippen molar-refractivity contribution in [1.29, 1.82) is 0 Å². The minimum Gasteiger partial charge on any atom is -0.355 e. The van der Waals surface area contributed by atoms with Crippen LogP contribution < -0.4 is 10.2 Å². The molecule has 1 aliphatic heterocycles. The van der Waals surface area contributed by atoms with Crippen LogP contribution in [-0.2, 0) is 4.79 Å². The van der Waals surface area contributed by atoms with Gasteiger partial charge in [0.05, 0.1) is 12.1 Å². The molecule has 1 aromatic heterocycles. The zero-order valence-electron chi connectivity index (χ0n) is 13.0. The smallest absolute Gasteiger partial charge is 0.229 e. The van der Waals surface area contributed by atoms with Gasteiger partial charge >= 0.3 is 0 Å². The van der Waals surface area contributed by atoms with Crippen LogP contribution in [0.5, 0.6) is 0 Å². The molecule has 120 valence electrons. The average molecular weight is 375 g/mol. The first-order chi connectivity index (χ1) is 11.1. The number of amides is 1. The molecule has 0 radical (unpaired) electrons. The molecule has 5 nitrogen and oxygen atoms in total. The van der Waals surface area contributed by atoms with Gasteiger partial charge in [0.1, 0.15) is 5.82 Å². The number of hydrogen-bond acceptors (Lipinski definition) is 4. The van der Waals surface area contributed by atoms with Crippen LogP contribution in [0.4, 0.5) is 11.5 Å². The van der Waals surface area contributed by atoms with Crippen molar-refractivity contribution in [3.05, 3.63) is 46.8 Å². The van der Waals surface area contributed by atoms with Crippen molar-refractivity contribution in [2.24, 2.45) is 5.92 Å². The van der Waals surface area contributed by atoms with Gasteiger partial charge in [-0.25, -0.2) is 4.98 Å². The molecular formula is C17H19BrN4O. The lowest BCUT2D eigenvalue weighted by atomic mass is 9.97. The number of carbonyl (C=O) groups excluding carboxylic acids is 1. The molecule has 1 amide bonds. The summed E-state index contributed by atoms with van der Waals surface area (Å²) in [5.74, 6) is 0.875. The number of halogens is 1. The Hall–Kier alpha value is -1.95. The fourth-order valence-electron chi connectivity index (χ4n) is 2.82. The Morgan fingerprint density at radius 3 is 3.00 bits per heavy atom. The summed E-state index contributed by atoms with van der Waals surface area (Å²) in [7, 11) is 0. The third-order valence-corrected chi connectivity index (χ3v) is 4.98. The second-order valence-corrected chi connectivity index (χ2v) is 6.66. The Labute approximate surface area is 144 Å². The predicted molar refractivity (Wildman–Crippen MR) is 94.5 cm³/mol. The molecule has 1 aliphatic rings. The molecule has 2 heterocycles. The van der Waals surface area contributed by atoms with E-state index in [1.807, 2.05) is 25.1 Å². The van der Waals surface area contributed by atoms with Gasteiger partial charge in [-0.1, -0.05) is 15.9 Å². The maximum absolute atomic E-state index is 12.6. The highest BCUT2D eigenvalue weighted by Crippen LogP contribution is 2.24. The van der Waals surface area contributed by atoms with Crippen molar-refractivity contribution in [2.75, 3.05) is 23.3 Å². The molecule has 3 rings (SSSR count). The maximum Gasteiger partial charge on any atom is 0.229 e. The Morgan fingerprint density at radius 1 is 1.39 bits per heavy atom. The van der Waals surface area contributed by atoms with Crippen LogP contribution in [0.15, 0.2) is 41.3 Å². The third kappa shape index (κ3) is 3.88. The van der Waals surface area contributed by atoms with Crippen molar-refractivity contribution in [3.8, 4) is 0 Å². The third-order valence-electron chi connectivity index (χ3n) is 4.09. The topological polar surface area (TPSA) is 58.1 Å². The van der Waals surface area contributed by atoms with E-state index in [2.05, 4.69) is 36.1 Å². The highest BCUT2D eigenvalue weighted by atomic mass is 79.9. The van der Waals surface area contributed by atoms with Gasteiger partial charge in [-0.2, -0.15) is 0 Å². The van der Waals surface area contributed by atoms with Crippen molar-refractivity contribution in [2.45, 2.75) is 19.8 Å². The van der Waals surface area contributed by atoms with E-state index in [1.54, 1.807) is 18.6 Å². The van der Waals surface area contributed by atoms with Crippen LogP contribution in [-0.4, -0.2) is 29.0 Å². The first kappa shape index (κ1) is 15.9. The molecule has 2 aromatic rings. The summed E-state index contributed by atoms with van der Waals surface area (Å²) >= 11 is 3.47. The SMILES string of the molecule is Cc1cc(NC(=O)C2CCCN(c3cnccn3)C2)ccc1Br. The van der Waals surface area contributed by atoms with Crippen molar-refractivity contribution >= 4 is 33.3 Å². The molecular weight excluding hydrogens is 356 g/mol. The molecule has 1 saturated heterocycles. The normalized spacial score (nSPS) is 17.8. The molecule has 1 fully saturated rings. The van der Waals surface area contributed by atoms with Crippen LogP contribution in [0, 0.1) is 12.8 Å². The summed E-state index contributed by atoms with van der Waals surface area (Å²) < 4.78 is 1.04. The number of aryl methyl sites for hydroxylation is 1. The van der Waals surface area contributed by atoms with Gasteiger partial charge in [-0.15, -0.1) is 0 Å². The highest BCUT2D eigenvalue weighted by Gasteiger charge is 2.26. The first-order valence-corrected chi connectivity index (χ1v) is 8.51. The van der Waals surface area contributed by atoms with E-state index in [-0.39, 0.29) is 11.8 Å². The van der Waals surface area contributed by atoms with E-state index < -0.39 is 0 Å². The number of piperidine rings is 1. The van der Waals surface area contributed by atoms with E-state index in [0.717, 1.165) is 40.9 Å².